The highest BCUT2D eigenvalue weighted by molar-refractivity contribution is 14.0. The Morgan fingerprint density at radius 1 is 1.48 bits per heavy atom. The molecule has 2 aromatic rings. The molecule has 0 amide bonds. The van der Waals surface area contributed by atoms with E-state index in [-0.39, 0.29) is 24.0 Å². The maximum Gasteiger partial charge on any atom is 0.223 e. The summed E-state index contributed by atoms with van der Waals surface area (Å²) in [6.45, 7) is 5.27. The highest BCUT2D eigenvalue weighted by atomic mass is 127. The van der Waals surface area contributed by atoms with Crippen molar-refractivity contribution in [2.75, 3.05) is 13.6 Å². The maximum absolute atomic E-state index is 4.92. The molecule has 2 heterocycles. The van der Waals surface area contributed by atoms with Crippen molar-refractivity contribution in [2.24, 2.45) is 4.99 Å². The van der Waals surface area contributed by atoms with Crippen LogP contribution in [-0.4, -0.2) is 29.7 Å². The first-order valence-corrected chi connectivity index (χ1v) is 7.39. The second-order valence-corrected chi connectivity index (χ2v) is 5.27. The van der Waals surface area contributed by atoms with Gasteiger partial charge in [-0.2, -0.15) is 16.3 Å². The predicted molar refractivity (Wildman–Crippen MR) is 95.4 cm³/mol. The SMILES string of the molecule is CN=C(NCc1noc(C)n1)NCC(C)c1ccsc1.I. The number of aliphatic imine (C=N–C) groups is 1. The molecule has 0 aliphatic rings. The van der Waals surface area contributed by atoms with Crippen LogP contribution < -0.4 is 10.6 Å². The Balaban J connectivity index is 0.00000220. The van der Waals surface area contributed by atoms with Gasteiger partial charge in [0.15, 0.2) is 11.8 Å². The van der Waals surface area contributed by atoms with Crippen molar-refractivity contribution in [3.05, 3.63) is 34.1 Å². The van der Waals surface area contributed by atoms with Crippen LogP contribution >= 0.6 is 35.3 Å². The molecular weight excluding hydrogens is 401 g/mol. The van der Waals surface area contributed by atoms with E-state index in [0.29, 0.717) is 24.2 Å². The quantitative estimate of drug-likeness (QED) is 0.441. The van der Waals surface area contributed by atoms with Gasteiger partial charge in [-0.3, -0.25) is 4.99 Å². The number of nitrogens with one attached hydrogen (secondary N) is 2. The molecule has 0 spiro atoms. The van der Waals surface area contributed by atoms with Crippen LogP contribution in [0, 0.1) is 6.92 Å². The van der Waals surface area contributed by atoms with Crippen molar-refractivity contribution >= 4 is 41.3 Å². The highest BCUT2D eigenvalue weighted by Gasteiger charge is 2.08. The topological polar surface area (TPSA) is 75.3 Å². The lowest BCUT2D eigenvalue weighted by molar-refractivity contribution is 0.386. The molecule has 0 aliphatic heterocycles. The molecular formula is C13H20IN5OS. The van der Waals surface area contributed by atoms with Gasteiger partial charge in [0.1, 0.15) is 0 Å². The maximum atomic E-state index is 4.92. The van der Waals surface area contributed by atoms with Gasteiger partial charge in [0.05, 0.1) is 6.54 Å². The van der Waals surface area contributed by atoms with E-state index < -0.39 is 0 Å². The zero-order chi connectivity index (χ0) is 14.4. The molecule has 21 heavy (non-hydrogen) atoms. The van der Waals surface area contributed by atoms with E-state index in [0.717, 1.165) is 12.5 Å². The number of hydrogen-bond acceptors (Lipinski definition) is 5. The Kier molecular flexibility index (Phi) is 7.65. The third kappa shape index (κ3) is 5.62. The van der Waals surface area contributed by atoms with Gasteiger partial charge in [0.25, 0.3) is 0 Å². The van der Waals surface area contributed by atoms with E-state index in [9.17, 15) is 0 Å². The van der Waals surface area contributed by atoms with E-state index in [1.165, 1.54) is 5.56 Å². The van der Waals surface area contributed by atoms with Crippen LogP contribution in [-0.2, 0) is 6.54 Å². The molecule has 6 nitrogen and oxygen atoms in total. The van der Waals surface area contributed by atoms with Crippen molar-refractivity contribution in [1.82, 2.24) is 20.8 Å². The molecule has 0 saturated carbocycles. The smallest absolute Gasteiger partial charge is 0.223 e. The molecule has 0 fully saturated rings. The van der Waals surface area contributed by atoms with Gasteiger partial charge in [0.2, 0.25) is 5.89 Å². The summed E-state index contributed by atoms with van der Waals surface area (Å²) in [7, 11) is 1.74. The number of aryl methyl sites for hydroxylation is 1. The summed E-state index contributed by atoms with van der Waals surface area (Å²) in [5.74, 6) is 2.36. The molecule has 8 heteroatoms. The van der Waals surface area contributed by atoms with E-state index >= 15 is 0 Å². The molecule has 0 aromatic carbocycles. The lowest BCUT2D eigenvalue weighted by atomic mass is 10.1. The summed E-state index contributed by atoms with van der Waals surface area (Å²) in [5, 5.41) is 14.5. The van der Waals surface area contributed by atoms with Crippen LogP contribution in [0.5, 0.6) is 0 Å². The summed E-state index contributed by atoms with van der Waals surface area (Å²) >= 11 is 1.72. The molecule has 1 unspecified atom stereocenters. The standard InChI is InChI=1S/C13H19N5OS.HI/c1-9(11-4-5-20-8-11)6-15-13(14-3)16-7-12-17-10(2)19-18-12;/h4-5,8-9H,6-7H2,1-3H3,(H2,14,15,16);1H. The molecule has 0 radical (unpaired) electrons. The molecule has 2 rings (SSSR count). The van der Waals surface area contributed by atoms with Crippen molar-refractivity contribution in [1.29, 1.82) is 0 Å². The fraction of sp³-hybridized carbons (Fsp3) is 0.462. The third-order valence-corrected chi connectivity index (χ3v) is 3.60. The minimum atomic E-state index is 0. The summed E-state index contributed by atoms with van der Waals surface area (Å²) in [6, 6.07) is 2.15. The molecule has 0 saturated heterocycles. The van der Waals surface area contributed by atoms with Gasteiger partial charge in [-0.25, -0.2) is 0 Å². The number of rotatable bonds is 5. The van der Waals surface area contributed by atoms with Crippen LogP contribution in [0.4, 0.5) is 0 Å². The Morgan fingerprint density at radius 3 is 2.86 bits per heavy atom. The number of thiophene rings is 1. The molecule has 116 valence electrons. The Bertz CT molecular complexity index is 555. The van der Waals surface area contributed by atoms with Crippen LogP contribution in [0.25, 0.3) is 0 Å². The summed E-state index contributed by atoms with van der Waals surface area (Å²) in [5.41, 5.74) is 1.34. The zero-order valence-corrected chi connectivity index (χ0v) is 15.4. The van der Waals surface area contributed by atoms with Crippen LogP contribution in [0.1, 0.15) is 30.1 Å². The van der Waals surface area contributed by atoms with Gasteiger partial charge in [0, 0.05) is 20.5 Å². The minimum Gasteiger partial charge on any atom is -0.356 e. The molecule has 2 N–H and O–H groups in total. The van der Waals surface area contributed by atoms with Crippen molar-refractivity contribution in [3.63, 3.8) is 0 Å². The van der Waals surface area contributed by atoms with Crippen molar-refractivity contribution < 1.29 is 4.52 Å². The normalized spacial score (nSPS) is 12.6. The number of hydrogen-bond donors (Lipinski definition) is 2. The highest BCUT2D eigenvalue weighted by Crippen LogP contribution is 2.16. The zero-order valence-electron chi connectivity index (χ0n) is 12.3. The average molecular weight is 421 g/mol. The second kappa shape index (κ2) is 8.98. The molecule has 0 bridgehead atoms. The van der Waals surface area contributed by atoms with Crippen LogP contribution in [0.15, 0.2) is 26.3 Å². The molecule has 2 aromatic heterocycles. The monoisotopic (exact) mass is 421 g/mol. The summed E-state index contributed by atoms with van der Waals surface area (Å²) < 4.78 is 4.92. The van der Waals surface area contributed by atoms with E-state index in [4.69, 9.17) is 4.52 Å². The van der Waals surface area contributed by atoms with Gasteiger partial charge >= 0.3 is 0 Å². The Hall–Kier alpha value is -1.16. The molecule has 0 aliphatic carbocycles. The average Bonchev–Trinajstić information content (AvgIpc) is 3.10. The van der Waals surface area contributed by atoms with Crippen molar-refractivity contribution in [3.8, 4) is 0 Å². The number of nitrogens with zero attached hydrogens (tertiary/aromatic N) is 3. The second-order valence-electron chi connectivity index (χ2n) is 4.49. The van der Waals surface area contributed by atoms with Crippen LogP contribution in [0.2, 0.25) is 0 Å². The summed E-state index contributed by atoms with van der Waals surface area (Å²) in [6.07, 6.45) is 0. The number of halogens is 1. The fourth-order valence-corrected chi connectivity index (χ4v) is 2.50. The first-order valence-electron chi connectivity index (χ1n) is 6.45. The van der Waals surface area contributed by atoms with Crippen LogP contribution in [0.3, 0.4) is 0 Å². The summed E-state index contributed by atoms with van der Waals surface area (Å²) in [4.78, 5) is 8.31. The first kappa shape index (κ1) is 17.9. The lowest BCUT2D eigenvalue weighted by Crippen LogP contribution is -2.38. The fourth-order valence-electron chi connectivity index (χ4n) is 1.72. The van der Waals surface area contributed by atoms with E-state index in [1.807, 2.05) is 0 Å². The minimum absolute atomic E-state index is 0. The third-order valence-electron chi connectivity index (χ3n) is 2.90. The Morgan fingerprint density at radius 2 is 2.29 bits per heavy atom. The number of aromatic nitrogens is 2. The van der Waals surface area contributed by atoms with E-state index in [2.05, 4.69) is 49.5 Å². The molecule has 1 atom stereocenters. The number of guanidine groups is 1. The first-order chi connectivity index (χ1) is 9.69. The largest absolute Gasteiger partial charge is 0.356 e. The lowest BCUT2D eigenvalue weighted by Gasteiger charge is -2.14. The van der Waals surface area contributed by atoms with Gasteiger partial charge in [-0.05, 0) is 28.3 Å². The van der Waals surface area contributed by atoms with Gasteiger partial charge in [-0.15, -0.1) is 24.0 Å². The Labute approximate surface area is 145 Å². The van der Waals surface area contributed by atoms with Gasteiger partial charge < -0.3 is 15.2 Å². The van der Waals surface area contributed by atoms with E-state index in [1.54, 1.807) is 25.3 Å². The van der Waals surface area contributed by atoms with Crippen molar-refractivity contribution in [2.45, 2.75) is 26.3 Å². The van der Waals surface area contributed by atoms with Gasteiger partial charge in [-0.1, -0.05) is 12.1 Å². The predicted octanol–water partition coefficient (Wildman–Crippen LogP) is 2.53.